The Labute approximate surface area is 174 Å². The fourth-order valence-corrected chi connectivity index (χ4v) is 4.21. The maximum atomic E-state index is 13.2. The van der Waals surface area contributed by atoms with Gasteiger partial charge in [-0.1, -0.05) is 18.2 Å². The molecule has 5 rings (SSSR count). The summed E-state index contributed by atoms with van der Waals surface area (Å²) in [5.74, 6) is 1.23. The molecule has 3 aromatic rings. The van der Waals surface area contributed by atoms with Crippen LogP contribution in [0.25, 0.3) is 11.3 Å². The van der Waals surface area contributed by atoms with Crippen molar-refractivity contribution >= 4 is 29.6 Å². The fraction of sp³-hybridized carbons (Fsp3) is 0.273. The summed E-state index contributed by atoms with van der Waals surface area (Å²) < 4.78 is 1.67. The highest BCUT2D eigenvalue weighted by atomic mass is 16.2. The number of nitrogens with one attached hydrogen (secondary N) is 1. The molecule has 2 bridgehead atoms. The van der Waals surface area contributed by atoms with Gasteiger partial charge in [0.05, 0.1) is 17.4 Å². The van der Waals surface area contributed by atoms with E-state index < -0.39 is 0 Å². The molecule has 4 heterocycles. The van der Waals surface area contributed by atoms with Crippen molar-refractivity contribution < 1.29 is 4.79 Å². The molecule has 1 atom stereocenters. The summed E-state index contributed by atoms with van der Waals surface area (Å²) in [6.07, 6.45) is 4.55. The van der Waals surface area contributed by atoms with Gasteiger partial charge in [0.15, 0.2) is 11.6 Å². The molecule has 1 saturated heterocycles. The van der Waals surface area contributed by atoms with Crippen LogP contribution in [0, 0.1) is 0 Å². The van der Waals surface area contributed by atoms with Gasteiger partial charge in [-0.15, -0.1) is 0 Å². The van der Waals surface area contributed by atoms with Gasteiger partial charge in [0.25, 0.3) is 0 Å². The van der Waals surface area contributed by atoms with Crippen LogP contribution in [0.1, 0.15) is 12.0 Å². The van der Waals surface area contributed by atoms with Crippen molar-refractivity contribution in [1.29, 1.82) is 0 Å². The van der Waals surface area contributed by atoms with Crippen LogP contribution in [0.5, 0.6) is 0 Å². The average Bonchev–Trinajstić information content (AvgIpc) is 3.35. The molecule has 0 radical (unpaired) electrons. The average molecular weight is 401 g/mol. The third kappa shape index (κ3) is 3.20. The van der Waals surface area contributed by atoms with Gasteiger partial charge >= 0.3 is 6.03 Å². The Balaban J connectivity index is 1.53. The van der Waals surface area contributed by atoms with E-state index >= 15 is 0 Å². The first-order valence-corrected chi connectivity index (χ1v) is 10.0. The normalized spacial score (nSPS) is 17.5. The highest BCUT2D eigenvalue weighted by Crippen LogP contribution is 2.40. The molecule has 2 amide bonds. The number of nitrogens with zero attached hydrogens (tertiary/aromatic N) is 6. The fourth-order valence-electron chi connectivity index (χ4n) is 4.21. The zero-order chi connectivity index (χ0) is 20.7. The number of aliphatic imine (C=N–C) groups is 1. The van der Waals surface area contributed by atoms with Crippen LogP contribution in [0.3, 0.4) is 0 Å². The molecule has 30 heavy (non-hydrogen) atoms. The molecule has 2 aliphatic heterocycles. The van der Waals surface area contributed by atoms with Crippen LogP contribution >= 0.6 is 0 Å². The SMILES string of the molecule is CN=Cc1cccc(-c2ccc3c(n2)N(C(=O)Nc2ccn(C)n2)[C@H]2CCN3C2)c1. The number of rotatable bonds is 3. The van der Waals surface area contributed by atoms with Crippen molar-refractivity contribution in [3.8, 4) is 11.3 Å². The molecule has 0 aliphatic carbocycles. The summed E-state index contributed by atoms with van der Waals surface area (Å²) in [6.45, 7) is 1.75. The van der Waals surface area contributed by atoms with Crippen molar-refractivity contribution in [3.05, 3.63) is 54.2 Å². The number of fused-ring (bicyclic) bond motifs is 4. The second-order valence-corrected chi connectivity index (χ2v) is 7.62. The summed E-state index contributed by atoms with van der Waals surface area (Å²) in [4.78, 5) is 26.3. The standard InChI is InChI=1S/C22H23N7O/c1-23-13-15-4-3-5-16(12-15)18-6-7-19-21(24-18)29(17-8-11-28(19)14-17)22(30)25-20-9-10-27(2)26-20/h3-7,9-10,12-13,17H,8,11,14H2,1-2H3,(H,25,26,30)/t17-/m0/s1. The Morgan fingerprint density at radius 2 is 2.17 bits per heavy atom. The minimum atomic E-state index is -0.196. The summed E-state index contributed by atoms with van der Waals surface area (Å²) in [5, 5.41) is 7.19. The molecule has 1 N–H and O–H groups in total. The van der Waals surface area contributed by atoms with E-state index in [-0.39, 0.29) is 12.1 Å². The summed E-state index contributed by atoms with van der Waals surface area (Å²) in [7, 11) is 3.58. The number of aromatic nitrogens is 3. The maximum absolute atomic E-state index is 13.2. The van der Waals surface area contributed by atoms with E-state index in [1.165, 1.54) is 0 Å². The van der Waals surface area contributed by atoms with Crippen LogP contribution < -0.4 is 15.1 Å². The van der Waals surface area contributed by atoms with E-state index in [2.05, 4.69) is 32.4 Å². The zero-order valence-electron chi connectivity index (χ0n) is 17.0. The number of amides is 2. The van der Waals surface area contributed by atoms with Crippen molar-refractivity contribution in [2.75, 3.05) is 35.3 Å². The summed E-state index contributed by atoms with van der Waals surface area (Å²) >= 11 is 0. The monoisotopic (exact) mass is 401 g/mol. The number of benzene rings is 1. The van der Waals surface area contributed by atoms with Gasteiger partial charge in [0.2, 0.25) is 0 Å². The maximum Gasteiger partial charge on any atom is 0.329 e. The molecule has 8 nitrogen and oxygen atoms in total. The Hall–Kier alpha value is -3.68. The van der Waals surface area contributed by atoms with Gasteiger partial charge in [-0.05, 0) is 30.2 Å². The lowest BCUT2D eigenvalue weighted by molar-refractivity contribution is 0.254. The lowest BCUT2D eigenvalue weighted by Crippen LogP contribution is -2.48. The third-order valence-corrected chi connectivity index (χ3v) is 5.58. The van der Waals surface area contributed by atoms with E-state index in [9.17, 15) is 4.79 Å². The Morgan fingerprint density at radius 1 is 1.27 bits per heavy atom. The topological polar surface area (TPSA) is 78.6 Å². The Kier molecular flexibility index (Phi) is 4.46. The largest absolute Gasteiger partial charge is 0.366 e. The van der Waals surface area contributed by atoms with Crippen LogP contribution in [-0.2, 0) is 7.05 Å². The first kappa shape index (κ1) is 18.4. The molecular weight excluding hydrogens is 378 g/mol. The number of anilines is 3. The molecule has 1 fully saturated rings. The van der Waals surface area contributed by atoms with E-state index in [4.69, 9.17) is 4.98 Å². The van der Waals surface area contributed by atoms with Crippen LogP contribution in [-0.4, -0.2) is 53.2 Å². The molecule has 152 valence electrons. The van der Waals surface area contributed by atoms with Gasteiger partial charge in [-0.3, -0.25) is 19.9 Å². The molecule has 0 unspecified atom stereocenters. The zero-order valence-corrected chi connectivity index (χ0v) is 17.0. The summed E-state index contributed by atoms with van der Waals surface area (Å²) in [5.41, 5.74) is 3.84. The van der Waals surface area contributed by atoms with Gasteiger partial charge < -0.3 is 4.90 Å². The van der Waals surface area contributed by atoms with E-state index in [1.54, 1.807) is 28.9 Å². The lowest BCUT2D eigenvalue weighted by Gasteiger charge is -2.35. The first-order valence-electron chi connectivity index (χ1n) is 10.0. The first-order chi connectivity index (χ1) is 14.6. The highest BCUT2D eigenvalue weighted by molar-refractivity contribution is 6.04. The minimum absolute atomic E-state index is 0.0996. The predicted octanol–water partition coefficient (Wildman–Crippen LogP) is 3.16. The molecule has 1 aromatic carbocycles. The Bertz CT molecular complexity index is 1140. The number of urea groups is 1. The quantitative estimate of drug-likeness (QED) is 0.684. The van der Waals surface area contributed by atoms with Crippen molar-refractivity contribution in [2.24, 2.45) is 12.0 Å². The predicted molar refractivity (Wildman–Crippen MR) is 119 cm³/mol. The van der Waals surface area contributed by atoms with Crippen LogP contribution in [0.2, 0.25) is 0 Å². The van der Waals surface area contributed by atoms with E-state index in [0.717, 1.165) is 42.0 Å². The number of pyridine rings is 1. The van der Waals surface area contributed by atoms with Gasteiger partial charge in [0.1, 0.15) is 0 Å². The summed E-state index contributed by atoms with van der Waals surface area (Å²) in [6, 6.07) is 13.9. The molecule has 0 spiro atoms. The number of hydrogen-bond acceptors (Lipinski definition) is 5. The molecule has 2 aromatic heterocycles. The molecular formula is C22H23N7O. The highest BCUT2D eigenvalue weighted by Gasteiger charge is 2.40. The van der Waals surface area contributed by atoms with Crippen molar-refractivity contribution in [1.82, 2.24) is 14.8 Å². The number of carbonyl (C=O) groups is 1. The molecule has 0 saturated carbocycles. The Morgan fingerprint density at radius 3 is 2.97 bits per heavy atom. The minimum Gasteiger partial charge on any atom is -0.366 e. The second-order valence-electron chi connectivity index (χ2n) is 7.62. The van der Waals surface area contributed by atoms with E-state index in [1.807, 2.05) is 37.5 Å². The van der Waals surface area contributed by atoms with Crippen LogP contribution in [0.15, 0.2) is 53.7 Å². The van der Waals surface area contributed by atoms with Gasteiger partial charge in [0, 0.05) is 51.2 Å². The van der Waals surface area contributed by atoms with Gasteiger partial charge in [-0.25, -0.2) is 9.78 Å². The molecule has 8 heteroatoms. The number of hydrogen-bond donors (Lipinski definition) is 1. The van der Waals surface area contributed by atoms with Crippen LogP contribution in [0.4, 0.5) is 22.1 Å². The lowest BCUT2D eigenvalue weighted by atomic mass is 10.1. The van der Waals surface area contributed by atoms with Crippen molar-refractivity contribution in [3.63, 3.8) is 0 Å². The third-order valence-electron chi connectivity index (χ3n) is 5.58. The van der Waals surface area contributed by atoms with Crippen molar-refractivity contribution in [2.45, 2.75) is 12.5 Å². The van der Waals surface area contributed by atoms with E-state index in [0.29, 0.717) is 11.6 Å². The molecule has 2 aliphatic rings. The van der Waals surface area contributed by atoms with Gasteiger partial charge in [-0.2, -0.15) is 5.10 Å². The smallest absolute Gasteiger partial charge is 0.329 e. The number of aryl methyl sites for hydroxylation is 1. The second kappa shape index (κ2) is 7.29. The number of carbonyl (C=O) groups excluding carboxylic acids is 1.